The lowest BCUT2D eigenvalue weighted by Gasteiger charge is -2.03. The van der Waals surface area contributed by atoms with Crippen LogP contribution in [0.25, 0.3) is 0 Å². The summed E-state index contributed by atoms with van der Waals surface area (Å²) < 4.78 is 0. The lowest BCUT2D eigenvalue weighted by molar-refractivity contribution is 1.04. The molecule has 0 aliphatic heterocycles. The van der Waals surface area contributed by atoms with Crippen LogP contribution in [0.2, 0.25) is 0 Å². The summed E-state index contributed by atoms with van der Waals surface area (Å²) in [7, 11) is 0. The van der Waals surface area contributed by atoms with Crippen LogP contribution in [-0.4, -0.2) is 6.54 Å². The fourth-order valence-electron chi connectivity index (χ4n) is 0.890. The van der Waals surface area contributed by atoms with Gasteiger partial charge in [-0.05, 0) is 18.6 Å². The van der Waals surface area contributed by atoms with E-state index in [1.165, 1.54) is 5.69 Å². The van der Waals surface area contributed by atoms with Crippen molar-refractivity contribution >= 4 is 5.69 Å². The molecule has 0 aliphatic rings. The predicted octanol–water partition coefficient (Wildman–Crippen LogP) is 2.71. The molecule has 0 aliphatic carbocycles. The summed E-state index contributed by atoms with van der Waals surface area (Å²) >= 11 is 0. The van der Waals surface area contributed by atoms with Crippen molar-refractivity contribution in [2.45, 2.75) is 13.3 Å². The third-order valence-electron chi connectivity index (χ3n) is 1.51. The van der Waals surface area contributed by atoms with Gasteiger partial charge in [-0.25, -0.2) is 0 Å². The highest BCUT2D eigenvalue weighted by atomic mass is 14.9. The highest BCUT2D eigenvalue weighted by Crippen LogP contribution is 2.04. The molecule has 1 rings (SSSR count). The van der Waals surface area contributed by atoms with Crippen LogP contribution in [-0.2, 0) is 0 Å². The number of hydrogen-bond donors (Lipinski definition) is 1. The number of nitrogens with one attached hydrogen (secondary N) is 1. The summed E-state index contributed by atoms with van der Waals surface area (Å²) in [6, 6.07) is 10.2. The highest BCUT2D eigenvalue weighted by molar-refractivity contribution is 5.42. The minimum Gasteiger partial charge on any atom is -0.385 e. The molecule has 1 heteroatoms. The molecular weight excluding hydrogens is 134 g/mol. The molecule has 0 saturated heterocycles. The second kappa shape index (κ2) is 4.78. The topological polar surface area (TPSA) is 12.0 Å². The van der Waals surface area contributed by atoms with Crippen LogP contribution in [0, 0.1) is 6.42 Å². The van der Waals surface area contributed by atoms with E-state index in [4.69, 9.17) is 0 Å². The van der Waals surface area contributed by atoms with E-state index in [-0.39, 0.29) is 0 Å². The van der Waals surface area contributed by atoms with Gasteiger partial charge in [-0.3, -0.25) is 0 Å². The molecule has 1 radical (unpaired) electrons. The molecule has 1 N–H and O–H groups in total. The van der Waals surface area contributed by atoms with Gasteiger partial charge in [-0.15, -0.1) is 0 Å². The molecule has 0 aromatic heterocycles. The fraction of sp³-hybridized carbons (Fsp3) is 0.300. The molecule has 0 spiro atoms. The zero-order valence-electron chi connectivity index (χ0n) is 6.88. The van der Waals surface area contributed by atoms with E-state index >= 15 is 0 Å². The Morgan fingerprint density at radius 2 is 2.00 bits per heavy atom. The molecule has 0 amide bonds. The number of anilines is 1. The summed E-state index contributed by atoms with van der Waals surface area (Å²) in [6.45, 7) is 3.10. The zero-order valence-corrected chi connectivity index (χ0v) is 6.88. The molecule has 0 heterocycles. The summed E-state index contributed by atoms with van der Waals surface area (Å²) in [5, 5.41) is 3.29. The van der Waals surface area contributed by atoms with Gasteiger partial charge < -0.3 is 5.32 Å². The average molecular weight is 148 g/mol. The Balaban J connectivity index is 2.28. The van der Waals surface area contributed by atoms with E-state index < -0.39 is 0 Å². The third kappa shape index (κ3) is 3.08. The van der Waals surface area contributed by atoms with Crippen LogP contribution >= 0.6 is 0 Å². The van der Waals surface area contributed by atoms with Crippen molar-refractivity contribution in [3.05, 3.63) is 36.8 Å². The first-order chi connectivity index (χ1) is 5.43. The minimum absolute atomic E-state index is 0.959. The number of hydrogen-bond acceptors (Lipinski definition) is 1. The first kappa shape index (κ1) is 8.12. The van der Waals surface area contributed by atoms with Crippen molar-refractivity contribution in [1.29, 1.82) is 0 Å². The molecule has 0 atom stereocenters. The van der Waals surface area contributed by atoms with E-state index in [1.807, 2.05) is 18.2 Å². The van der Waals surface area contributed by atoms with Crippen LogP contribution in [0.15, 0.2) is 30.3 Å². The van der Waals surface area contributed by atoms with E-state index in [1.54, 1.807) is 0 Å². The first-order valence-electron chi connectivity index (χ1n) is 4.04. The summed E-state index contributed by atoms with van der Waals surface area (Å²) in [5.41, 5.74) is 1.19. The molecule has 1 aromatic rings. The van der Waals surface area contributed by atoms with Gasteiger partial charge in [0.15, 0.2) is 0 Å². The molecule has 1 nitrogen and oxygen atoms in total. The van der Waals surface area contributed by atoms with E-state index in [9.17, 15) is 0 Å². The van der Waals surface area contributed by atoms with Crippen molar-refractivity contribution < 1.29 is 0 Å². The van der Waals surface area contributed by atoms with Crippen LogP contribution in [0.3, 0.4) is 0 Å². The maximum Gasteiger partial charge on any atom is 0.0340 e. The third-order valence-corrected chi connectivity index (χ3v) is 1.51. The van der Waals surface area contributed by atoms with Gasteiger partial charge in [0, 0.05) is 12.2 Å². The molecule has 0 bridgehead atoms. The molecule has 1 aromatic carbocycles. The Morgan fingerprint density at radius 3 is 2.64 bits per heavy atom. The van der Waals surface area contributed by atoms with Crippen molar-refractivity contribution in [1.82, 2.24) is 0 Å². The lowest BCUT2D eigenvalue weighted by Crippen LogP contribution is -2.00. The zero-order chi connectivity index (χ0) is 7.94. The molecular formula is C10H14N. The maximum absolute atomic E-state index is 3.29. The summed E-state index contributed by atoms with van der Waals surface area (Å²) in [5.74, 6) is 0. The quantitative estimate of drug-likeness (QED) is 0.647. The van der Waals surface area contributed by atoms with E-state index in [0.717, 1.165) is 13.0 Å². The number of rotatable bonds is 4. The van der Waals surface area contributed by atoms with Crippen molar-refractivity contribution in [2.24, 2.45) is 0 Å². The largest absolute Gasteiger partial charge is 0.385 e. The molecule has 0 unspecified atom stereocenters. The van der Waals surface area contributed by atoms with Gasteiger partial charge in [-0.2, -0.15) is 0 Å². The molecule has 59 valence electrons. The van der Waals surface area contributed by atoms with Gasteiger partial charge in [0.1, 0.15) is 0 Å². The van der Waals surface area contributed by atoms with Crippen LogP contribution in [0.1, 0.15) is 13.3 Å². The number of benzene rings is 1. The Labute approximate surface area is 68.4 Å². The second-order valence-corrected chi connectivity index (χ2v) is 2.44. The normalized spacial score (nSPS) is 9.55. The van der Waals surface area contributed by atoms with Gasteiger partial charge in [0.05, 0.1) is 0 Å². The average Bonchev–Trinajstić information content (AvgIpc) is 2.07. The smallest absolute Gasteiger partial charge is 0.0340 e. The van der Waals surface area contributed by atoms with E-state index in [0.29, 0.717) is 0 Å². The van der Waals surface area contributed by atoms with Crippen molar-refractivity contribution in [2.75, 3.05) is 11.9 Å². The van der Waals surface area contributed by atoms with Gasteiger partial charge >= 0.3 is 0 Å². The van der Waals surface area contributed by atoms with Gasteiger partial charge in [0.25, 0.3) is 0 Å². The SMILES string of the molecule is CC[CH]CNc1ccccc1. The van der Waals surface area contributed by atoms with Crippen LogP contribution in [0.5, 0.6) is 0 Å². The molecule has 11 heavy (non-hydrogen) atoms. The standard InChI is InChI=1S/C10H14N/c1-2-3-9-11-10-7-5-4-6-8-10/h3-8,11H,2,9H2,1H3. The predicted molar refractivity (Wildman–Crippen MR) is 49.5 cm³/mol. The van der Waals surface area contributed by atoms with Gasteiger partial charge in [0.2, 0.25) is 0 Å². The second-order valence-electron chi connectivity index (χ2n) is 2.44. The maximum atomic E-state index is 3.29. The highest BCUT2D eigenvalue weighted by Gasteiger charge is 1.86. The monoisotopic (exact) mass is 148 g/mol. The Kier molecular flexibility index (Phi) is 3.53. The molecule has 0 fully saturated rings. The minimum atomic E-state index is 0.959. The fourth-order valence-corrected chi connectivity index (χ4v) is 0.890. The van der Waals surface area contributed by atoms with Crippen molar-refractivity contribution in [3.63, 3.8) is 0 Å². The van der Waals surface area contributed by atoms with Crippen LogP contribution < -0.4 is 5.32 Å². The molecule has 0 saturated carbocycles. The Bertz CT molecular complexity index is 181. The van der Waals surface area contributed by atoms with E-state index in [2.05, 4.69) is 30.8 Å². The number of para-hydroxylation sites is 1. The first-order valence-corrected chi connectivity index (χ1v) is 4.04. The van der Waals surface area contributed by atoms with Crippen molar-refractivity contribution in [3.8, 4) is 0 Å². The number of unbranched alkanes of at least 4 members (excludes halogenated alkanes) is 1. The summed E-state index contributed by atoms with van der Waals surface area (Å²) in [6.07, 6.45) is 3.34. The summed E-state index contributed by atoms with van der Waals surface area (Å²) in [4.78, 5) is 0. The Morgan fingerprint density at radius 1 is 1.27 bits per heavy atom. The van der Waals surface area contributed by atoms with Gasteiger partial charge in [-0.1, -0.05) is 31.5 Å². The van der Waals surface area contributed by atoms with Crippen LogP contribution in [0.4, 0.5) is 5.69 Å². The lowest BCUT2D eigenvalue weighted by atomic mass is 10.3. The Hall–Kier alpha value is -0.980.